The number of nitrogens with zero attached hydrogens (tertiary/aromatic N) is 3. The molecule has 21 heavy (non-hydrogen) atoms. The molecule has 0 radical (unpaired) electrons. The van der Waals surface area contributed by atoms with E-state index in [1.165, 1.54) is 18.5 Å². The second-order valence-electron chi connectivity index (χ2n) is 6.26. The van der Waals surface area contributed by atoms with Gasteiger partial charge in [-0.3, -0.25) is 0 Å². The highest BCUT2D eigenvalue weighted by molar-refractivity contribution is 5.59. The van der Waals surface area contributed by atoms with Crippen molar-refractivity contribution in [3.63, 3.8) is 0 Å². The van der Waals surface area contributed by atoms with Gasteiger partial charge in [0.15, 0.2) is 5.82 Å². The van der Waals surface area contributed by atoms with Crippen molar-refractivity contribution in [2.75, 3.05) is 11.9 Å². The molecule has 0 aliphatic heterocycles. The Morgan fingerprint density at radius 2 is 2.05 bits per heavy atom. The normalized spacial score (nSPS) is 26.4. The van der Waals surface area contributed by atoms with Crippen molar-refractivity contribution in [2.24, 2.45) is 24.8 Å². The van der Waals surface area contributed by atoms with Crippen LogP contribution in [0.1, 0.15) is 12.8 Å². The Hall–Kier alpha value is -2.10. The quantitative estimate of drug-likeness (QED) is 0.875. The molecule has 4 heteroatoms. The fourth-order valence-electron chi connectivity index (χ4n) is 3.66. The van der Waals surface area contributed by atoms with Crippen molar-refractivity contribution in [3.8, 4) is 11.4 Å². The van der Waals surface area contributed by atoms with E-state index in [1.807, 2.05) is 11.6 Å². The Morgan fingerprint density at radius 1 is 1.19 bits per heavy atom. The molecule has 1 fully saturated rings. The van der Waals surface area contributed by atoms with Crippen LogP contribution < -0.4 is 5.32 Å². The lowest BCUT2D eigenvalue weighted by molar-refractivity contribution is 0.472. The van der Waals surface area contributed by atoms with Gasteiger partial charge >= 0.3 is 0 Å². The van der Waals surface area contributed by atoms with Crippen LogP contribution in [0.2, 0.25) is 0 Å². The van der Waals surface area contributed by atoms with E-state index in [2.05, 4.69) is 51.9 Å². The van der Waals surface area contributed by atoms with Crippen LogP contribution in [0.3, 0.4) is 0 Å². The molecule has 0 saturated heterocycles. The van der Waals surface area contributed by atoms with Crippen molar-refractivity contribution in [3.05, 3.63) is 42.7 Å². The lowest BCUT2D eigenvalue weighted by Crippen LogP contribution is -2.18. The highest BCUT2D eigenvalue weighted by Gasteiger charge is 2.35. The molecule has 1 heterocycles. The summed E-state index contributed by atoms with van der Waals surface area (Å²) in [5.41, 5.74) is 2.29. The first-order chi connectivity index (χ1) is 10.3. The van der Waals surface area contributed by atoms with Gasteiger partial charge in [-0.25, -0.2) is 0 Å². The average Bonchev–Trinajstić information content (AvgIpc) is 3.22. The van der Waals surface area contributed by atoms with Crippen molar-refractivity contribution in [1.82, 2.24) is 14.8 Å². The summed E-state index contributed by atoms with van der Waals surface area (Å²) in [5.74, 6) is 3.36. The van der Waals surface area contributed by atoms with Crippen LogP contribution in [-0.2, 0) is 7.05 Å². The number of hydrogen-bond acceptors (Lipinski definition) is 3. The Labute approximate surface area is 124 Å². The molecule has 1 N–H and O–H groups in total. The van der Waals surface area contributed by atoms with Gasteiger partial charge in [0.2, 0.25) is 0 Å². The van der Waals surface area contributed by atoms with E-state index in [9.17, 15) is 0 Å². The van der Waals surface area contributed by atoms with Gasteiger partial charge in [-0.15, -0.1) is 10.2 Å². The number of aryl methyl sites for hydroxylation is 1. The molecule has 2 aromatic rings. The summed E-state index contributed by atoms with van der Waals surface area (Å²) in [5, 5.41) is 11.6. The first kappa shape index (κ1) is 12.6. The monoisotopic (exact) mass is 280 g/mol. The maximum absolute atomic E-state index is 4.14. The second kappa shape index (κ2) is 5.02. The van der Waals surface area contributed by atoms with Crippen molar-refractivity contribution in [2.45, 2.75) is 12.8 Å². The molecule has 4 nitrogen and oxygen atoms in total. The molecule has 1 aromatic carbocycles. The summed E-state index contributed by atoms with van der Waals surface area (Å²) in [6, 6.07) is 8.47. The van der Waals surface area contributed by atoms with Gasteiger partial charge < -0.3 is 9.88 Å². The molecule has 2 aliphatic rings. The molecule has 1 saturated carbocycles. The molecule has 3 atom stereocenters. The van der Waals surface area contributed by atoms with Gasteiger partial charge in [-0.1, -0.05) is 12.2 Å². The molecular formula is C17H20N4. The van der Waals surface area contributed by atoms with Crippen LogP contribution >= 0.6 is 0 Å². The largest absolute Gasteiger partial charge is 0.385 e. The van der Waals surface area contributed by atoms with E-state index in [0.29, 0.717) is 0 Å². The lowest BCUT2D eigenvalue weighted by Gasteiger charge is -2.19. The highest BCUT2D eigenvalue weighted by Crippen LogP contribution is 2.43. The minimum absolute atomic E-state index is 0.804. The number of anilines is 1. The number of nitrogens with one attached hydrogen (secondary N) is 1. The summed E-state index contributed by atoms with van der Waals surface area (Å²) >= 11 is 0. The molecule has 2 bridgehead atoms. The summed E-state index contributed by atoms with van der Waals surface area (Å²) in [7, 11) is 1.96. The molecule has 0 spiro atoms. The van der Waals surface area contributed by atoms with Crippen molar-refractivity contribution < 1.29 is 0 Å². The standard InChI is InChI=1S/C17H20N4/c1-21-11-19-20-17(21)13-4-6-16(7-5-13)18-10-15-9-12-2-3-14(15)8-12/h2-7,11-12,14-15,18H,8-10H2,1H3. The van der Waals surface area contributed by atoms with Gasteiger partial charge in [-0.2, -0.15) is 0 Å². The third-order valence-corrected chi connectivity index (χ3v) is 4.84. The lowest BCUT2D eigenvalue weighted by atomic mass is 9.93. The van der Waals surface area contributed by atoms with Crippen LogP contribution in [0.5, 0.6) is 0 Å². The summed E-state index contributed by atoms with van der Waals surface area (Å²) in [4.78, 5) is 0. The summed E-state index contributed by atoms with van der Waals surface area (Å²) in [6.07, 6.45) is 9.27. The van der Waals surface area contributed by atoms with Crippen LogP contribution in [0.15, 0.2) is 42.7 Å². The third-order valence-electron chi connectivity index (χ3n) is 4.84. The zero-order chi connectivity index (χ0) is 14.2. The second-order valence-corrected chi connectivity index (χ2v) is 6.26. The molecule has 108 valence electrons. The number of aromatic nitrogens is 3. The zero-order valence-electron chi connectivity index (χ0n) is 12.2. The maximum atomic E-state index is 4.14. The fraction of sp³-hybridized carbons (Fsp3) is 0.412. The van der Waals surface area contributed by atoms with Crippen molar-refractivity contribution in [1.29, 1.82) is 0 Å². The number of fused-ring (bicyclic) bond motifs is 2. The van der Waals surface area contributed by atoms with Gasteiger partial charge in [0, 0.05) is 24.8 Å². The minimum Gasteiger partial charge on any atom is -0.385 e. The molecule has 1 aromatic heterocycles. The van der Waals surface area contributed by atoms with Crippen LogP contribution in [0.25, 0.3) is 11.4 Å². The Kier molecular flexibility index (Phi) is 3.02. The van der Waals surface area contributed by atoms with E-state index in [1.54, 1.807) is 6.33 Å². The van der Waals surface area contributed by atoms with E-state index in [0.717, 1.165) is 35.7 Å². The summed E-state index contributed by atoms with van der Waals surface area (Å²) < 4.78 is 1.93. The first-order valence-electron chi connectivity index (χ1n) is 7.66. The molecule has 2 aliphatic carbocycles. The predicted molar refractivity (Wildman–Crippen MR) is 83.8 cm³/mol. The van der Waals surface area contributed by atoms with Crippen LogP contribution in [0, 0.1) is 17.8 Å². The Balaban J connectivity index is 1.40. The predicted octanol–water partition coefficient (Wildman–Crippen LogP) is 3.11. The Morgan fingerprint density at radius 3 is 2.67 bits per heavy atom. The summed E-state index contributed by atoms with van der Waals surface area (Å²) in [6.45, 7) is 1.08. The molecule has 3 unspecified atom stereocenters. The van der Waals surface area contributed by atoms with Crippen LogP contribution in [0.4, 0.5) is 5.69 Å². The van der Waals surface area contributed by atoms with E-state index < -0.39 is 0 Å². The van der Waals surface area contributed by atoms with Gasteiger partial charge in [0.05, 0.1) is 0 Å². The number of rotatable bonds is 4. The molecule has 0 amide bonds. The van der Waals surface area contributed by atoms with Crippen LogP contribution in [-0.4, -0.2) is 21.3 Å². The molecule has 4 rings (SSSR count). The smallest absolute Gasteiger partial charge is 0.163 e. The number of hydrogen-bond donors (Lipinski definition) is 1. The third kappa shape index (κ3) is 2.35. The van der Waals surface area contributed by atoms with Crippen molar-refractivity contribution >= 4 is 5.69 Å². The minimum atomic E-state index is 0.804. The van der Waals surface area contributed by atoms with Gasteiger partial charge in [0.1, 0.15) is 6.33 Å². The van der Waals surface area contributed by atoms with E-state index in [-0.39, 0.29) is 0 Å². The van der Waals surface area contributed by atoms with Gasteiger partial charge in [0.25, 0.3) is 0 Å². The van der Waals surface area contributed by atoms with E-state index >= 15 is 0 Å². The highest BCUT2D eigenvalue weighted by atomic mass is 15.2. The average molecular weight is 280 g/mol. The fourth-order valence-corrected chi connectivity index (χ4v) is 3.66. The number of allylic oxidation sites excluding steroid dienone is 2. The number of benzene rings is 1. The molecular weight excluding hydrogens is 260 g/mol. The SMILES string of the molecule is Cn1cnnc1-c1ccc(NCC2CC3C=CC2C3)cc1. The topological polar surface area (TPSA) is 42.7 Å². The Bertz CT molecular complexity index is 656. The first-order valence-corrected chi connectivity index (χ1v) is 7.66. The van der Waals surface area contributed by atoms with E-state index in [4.69, 9.17) is 0 Å². The maximum Gasteiger partial charge on any atom is 0.163 e. The zero-order valence-corrected chi connectivity index (χ0v) is 12.2. The van der Waals surface area contributed by atoms with Gasteiger partial charge in [-0.05, 0) is 54.9 Å².